The van der Waals surface area contributed by atoms with Gasteiger partial charge in [0.1, 0.15) is 0 Å². The van der Waals surface area contributed by atoms with Crippen molar-refractivity contribution >= 4 is 5.97 Å². The molecule has 0 aromatic heterocycles. The number of aliphatic hydroxyl groups is 2. The molecular weight excluding hydrogens is 364 g/mol. The standard InChI is InChI=1S/C25H50O4/c1-2-3-4-5-6-7-8-9-10-11-12-13-14-15-18-23(21-24(27)22-26)19-16-17-20-25(28)29/h23-24,26-27H,2-22H2,1H3,(H,28,29). The summed E-state index contributed by atoms with van der Waals surface area (Å²) in [6, 6.07) is 0. The summed E-state index contributed by atoms with van der Waals surface area (Å²) in [5.41, 5.74) is 0. The maximum absolute atomic E-state index is 10.6. The summed E-state index contributed by atoms with van der Waals surface area (Å²) in [4.78, 5) is 10.6. The number of carboxylic acids is 1. The lowest BCUT2D eigenvalue weighted by Crippen LogP contribution is -2.17. The first kappa shape index (κ1) is 28.4. The van der Waals surface area contributed by atoms with Crippen LogP contribution in [0, 0.1) is 5.92 Å². The summed E-state index contributed by atoms with van der Waals surface area (Å²) in [6.07, 6.45) is 22.9. The van der Waals surface area contributed by atoms with Crippen LogP contribution in [-0.4, -0.2) is 34.0 Å². The Labute approximate surface area is 180 Å². The Morgan fingerprint density at radius 3 is 1.52 bits per heavy atom. The van der Waals surface area contributed by atoms with Gasteiger partial charge in [-0.25, -0.2) is 0 Å². The lowest BCUT2D eigenvalue weighted by Gasteiger charge is -2.19. The highest BCUT2D eigenvalue weighted by atomic mass is 16.4. The summed E-state index contributed by atoms with van der Waals surface area (Å²) in [7, 11) is 0. The Morgan fingerprint density at radius 2 is 1.10 bits per heavy atom. The van der Waals surface area contributed by atoms with Gasteiger partial charge >= 0.3 is 5.97 Å². The Kier molecular flexibility index (Phi) is 21.6. The first-order chi connectivity index (χ1) is 14.1. The maximum atomic E-state index is 10.6. The zero-order chi connectivity index (χ0) is 21.6. The molecule has 0 aliphatic rings. The lowest BCUT2D eigenvalue weighted by atomic mass is 9.90. The monoisotopic (exact) mass is 414 g/mol. The van der Waals surface area contributed by atoms with E-state index in [2.05, 4.69) is 6.92 Å². The van der Waals surface area contributed by atoms with Gasteiger partial charge in [-0.1, -0.05) is 116 Å². The molecule has 0 aliphatic carbocycles. The van der Waals surface area contributed by atoms with Crippen LogP contribution in [-0.2, 0) is 4.79 Å². The van der Waals surface area contributed by atoms with E-state index in [1.807, 2.05) is 0 Å². The molecule has 0 bridgehead atoms. The van der Waals surface area contributed by atoms with Gasteiger partial charge < -0.3 is 15.3 Å². The van der Waals surface area contributed by atoms with Gasteiger partial charge in [0, 0.05) is 6.42 Å². The second-order valence-corrected chi connectivity index (χ2v) is 8.96. The fraction of sp³-hybridized carbons (Fsp3) is 0.960. The highest BCUT2D eigenvalue weighted by Crippen LogP contribution is 2.23. The quantitative estimate of drug-likeness (QED) is 0.160. The Hall–Kier alpha value is -0.610. The van der Waals surface area contributed by atoms with Gasteiger partial charge in [-0.15, -0.1) is 0 Å². The predicted molar refractivity (Wildman–Crippen MR) is 122 cm³/mol. The van der Waals surface area contributed by atoms with E-state index in [1.165, 1.54) is 89.9 Å². The number of aliphatic hydroxyl groups excluding tert-OH is 2. The highest BCUT2D eigenvalue weighted by Gasteiger charge is 2.14. The number of aliphatic carboxylic acids is 1. The summed E-state index contributed by atoms with van der Waals surface area (Å²) in [6.45, 7) is 2.09. The molecule has 0 fully saturated rings. The number of hydrogen-bond donors (Lipinski definition) is 3. The molecule has 3 N–H and O–H groups in total. The SMILES string of the molecule is CCCCCCCCCCCCCCCCC(CCCCC(=O)O)CC(O)CO. The van der Waals surface area contributed by atoms with Gasteiger partial charge in [0.2, 0.25) is 0 Å². The van der Waals surface area contributed by atoms with Gasteiger partial charge in [-0.05, 0) is 18.8 Å². The molecule has 0 rings (SSSR count). The highest BCUT2D eigenvalue weighted by molar-refractivity contribution is 5.66. The van der Waals surface area contributed by atoms with Crippen molar-refractivity contribution < 1.29 is 20.1 Å². The second-order valence-electron chi connectivity index (χ2n) is 8.96. The molecule has 29 heavy (non-hydrogen) atoms. The van der Waals surface area contributed by atoms with Gasteiger partial charge in [0.15, 0.2) is 0 Å². The topological polar surface area (TPSA) is 77.8 Å². The largest absolute Gasteiger partial charge is 0.481 e. The van der Waals surface area contributed by atoms with Crippen molar-refractivity contribution in [3.63, 3.8) is 0 Å². The van der Waals surface area contributed by atoms with Crippen molar-refractivity contribution in [2.45, 2.75) is 141 Å². The van der Waals surface area contributed by atoms with Crippen LogP contribution in [0.1, 0.15) is 135 Å². The van der Waals surface area contributed by atoms with Gasteiger partial charge in [0.25, 0.3) is 0 Å². The summed E-state index contributed by atoms with van der Waals surface area (Å²) in [5.74, 6) is -0.327. The van der Waals surface area contributed by atoms with Crippen molar-refractivity contribution in [1.82, 2.24) is 0 Å². The number of carboxylic acid groups (broad SMARTS) is 1. The molecule has 0 aliphatic heterocycles. The van der Waals surface area contributed by atoms with Crippen molar-refractivity contribution in [2.75, 3.05) is 6.61 Å². The average molecular weight is 415 g/mol. The van der Waals surface area contributed by atoms with E-state index >= 15 is 0 Å². The number of hydrogen-bond acceptors (Lipinski definition) is 3. The molecule has 0 aromatic carbocycles. The maximum Gasteiger partial charge on any atom is 0.303 e. The van der Waals surface area contributed by atoms with E-state index in [4.69, 9.17) is 10.2 Å². The van der Waals surface area contributed by atoms with E-state index in [-0.39, 0.29) is 13.0 Å². The van der Waals surface area contributed by atoms with E-state index in [1.54, 1.807) is 0 Å². The Bertz CT molecular complexity index is 346. The molecule has 0 saturated carbocycles. The van der Waals surface area contributed by atoms with Crippen LogP contribution in [0.5, 0.6) is 0 Å². The minimum Gasteiger partial charge on any atom is -0.481 e. The molecule has 2 unspecified atom stereocenters. The van der Waals surface area contributed by atoms with E-state index in [0.29, 0.717) is 18.8 Å². The first-order valence-electron chi connectivity index (χ1n) is 12.6. The fourth-order valence-corrected chi connectivity index (χ4v) is 4.18. The van der Waals surface area contributed by atoms with Gasteiger partial charge in [-0.2, -0.15) is 0 Å². The number of rotatable bonds is 23. The predicted octanol–water partition coefficient (Wildman–Crippen LogP) is 6.86. The molecule has 0 radical (unpaired) electrons. The van der Waals surface area contributed by atoms with Gasteiger partial charge in [-0.3, -0.25) is 4.79 Å². The van der Waals surface area contributed by atoms with Crippen LogP contribution < -0.4 is 0 Å². The molecule has 4 nitrogen and oxygen atoms in total. The molecular formula is C25H50O4. The molecule has 4 heteroatoms. The molecule has 2 atom stereocenters. The third-order valence-electron chi connectivity index (χ3n) is 6.04. The zero-order valence-electron chi connectivity index (χ0n) is 19.3. The van der Waals surface area contributed by atoms with Crippen LogP contribution in [0.15, 0.2) is 0 Å². The third kappa shape index (κ3) is 21.9. The Balaban J connectivity index is 3.57. The van der Waals surface area contributed by atoms with Crippen LogP contribution in [0.2, 0.25) is 0 Å². The molecule has 0 heterocycles. The summed E-state index contributed by atoms with van der Waals surface area (Å²) < 4.78 is 0. The molecule has 0 aromatic rings. The minimum absolute atomic E-state index is 0.176. The minimum atomic E-state index is -0.732. The van der Waals surface area contributed by atoms with Crippen LogP contribution in [0.4, 0.5) is 0 Å². The van der Waals surface area contributed by atoms with Crippen molar-refractivity contribution in [1.29, 1.82) is 0 Å². The van der Waals surface area contributed by atoms with Gasteiger partial charge in [0.05, 0.1) is 12.7 Å². The molecule has 0 saturated heterocycles. The van der Waals surface area contributed by atoms with Crippen LogP contribution in [0.3, 0.4) is 0 Å². The van der Waals surface area contributed by atoms with Crippen molar-refractivity contribution in [3.8, 4) is 0 Å². The molecule has 174 valence electrons. The summed E-state index contributed by atoms with van der Waals surface area (Å²) >= 11 is 0. The number of carbonyl (C=O) groups is 1. The van der Waals surface area contributed by atoms with Crippen LogP contribution in [0.25, 0.3) is 0 Å². The fourth-order valence-electron chi connectivity index (χ4n) is 4.18. The zero-order valence-corrected chi connectivity index (χ0v) is 19.3. The summed E-state index contributed by atoms with van der Waals surface area (Å²) in [5, 5.41) is 27.6. The Morgan fingerprint density at radius 1 is 0.690 bits per heavy atom. The third-order valence-corrected chi connectivity index (χ3v) is 6.04. The second kappa shape index (κ2) is 22.1. The normalized spacial score (nSPS) is 13.5. The van der Waals surface area contributed by atoms with E-state index < -0.39 is 12.1 Å². The lowest BCUT2D eigenvalue weighted by molar-refractivity contribution is -0.137. The molecule has 0 spiro atoms. The molecule has 0 amide bonds. The van der Waals surface area contributed by atoms with E-state index in [0.717, 1.165) is 19.3 Å². The van der Waals surface area contributed by atoms with E-state index in [9.17, 15) is 9.90 Å². The first-order valence-corrected chi connectivity index (χ1v) is 12.6. The van der Waals surface area contributed by atoms with Crippen molar-refractivity contribution in [2.24, 2.45) is 5.92 Å². The van der Waals surface area contributed by atoms with Crippen molar-refractivity contribution in [3.05, 3.63) is 0 Å². The smallest absolute Gasteiger partial charge is 0.303 e. The van der Waals surface area contributed by atoms with Crippen LogP contribution >= 0.6 is 0 Å². The number of unbranched alkanes of at least 4 members (excludes halogenated alkanes) is 14. The average Bonchev–Trinajstić information content (AvgIpc) is 2.70.